The van der Waals surface area contributed by atoms with Crippen LogP contribution in [0.1, 0.15) is 23.6 Å². The van der Waals surface area contributed by atoms with E-state index >= 15 is 0 Å². The second-order valence-electron chi connectivity index (χ2n) is 4.39. The molecule has 1 aliphatic rings. The van der Waals surface area contributed by atoms with Gasteiger partial charge in [-0.3, -0.25) is 0 Å². The molecule has 2 aromatic rings. The molecule has 1 aromatic heterocycles. The molecule has 0 amide bonds. The van der Waals surface area contributed by atoms with Gasteiger partial charge in [-0.15, -0.1) is 0 Å². The molecular weight excluding hydrogens is 278 g/mol. The number of halogens is 1. The van der Waals surface area contributed by atoms with Gasteiger partial charge in [0.2, 0.25) is 0 Å². The molecule has 0 bridgehead atoms. The van der Waals surface area contributed by atoms with E-state index in [-0.39, 0.29) is 0 Å². The number of nitrogens with one attached hydrogen (secondary N) is 1. The van der Waals surface area contributed by atoms with Crippen LogP contribution in [0.4, 0.5) is 0 Å². The maximum Gasteiger partial charge on any atom is 0.148 e. The minimum Gasteiger partial charge on any atom is -0.463 e. The topological polar surface area (TPSA) is 25.2 Å². The van der Waals surface area contributed by atoms with Gasteiger partial charge in [-0.2, -0.15) is 0 Å². The molecule has 88 valence electrons. The molecule has 3 rings (SSSR count). The summed E-state index contributed by atoms with van der Waals surface area (Å²) in [6.45, 7) is 0. The van der Waals surface area contributed by atoms with Crippen LogP contribution in [-0.2, 0) is 6.42 Å². The molecule has 1 atom stereocenters. The van der Waals surface area contributed by atoms with Crippen molar-refractivity contribution in [2.45, 2.75) is 18.9 Å². The quantitative estimate of drug-likeness (QED) is 0.907. The Morgan fingerprint density at radius 1 is 1.35 bits per heavy atom. The lowest BCUT2D eigenvalue weighted by molar-refractivity contribution is 0.579. The van der Waals surface area contributed by atoms with E-state index in [9.17, 15) is 0 Å². The van der Waals surface area contributed by atoms with Crippen LogP contribution in [0.2, 0.25) is 0 Å². The fourth-order valence-electron chi connectivity index (χ4n) is 2.54. The second kappa shape index (κ2) is 4.31. The third kappa shape index (κ3) is 1.83. The molecule has 0 saturated heterocycles. The Morgan fingerprint density at radius 3 is 2.94 bits per heavy atom. The summed E-state index contributed by atoms with van der Waals surface area (Å²) in [7, 11) is 2.02. The lowest BCUT2D eigenvalue weighted by atomic mass is 10.0. The SMILES string of the molecule is CNC1CCc2ccc(-c3occc3Br)cc21. The van der Waals surface area contributed by atoms with E-state index in [1.54, 1.807) is 6.26 Å². The van der Waals surface area contributed by atoms with Crippen molar-refractivity contribution in [3.8, 4) is 11.3 Å². The molecule has 3 heteroatoms. The van der Waals surface area contributed by atoms with E-state index < -0.39 is 0 Å². The third-order valence-electron chi connectivity index (χ3n) is 3.45. The summed E-state index contributed by atoms with van der Waals surface area (Å²) in [6.07, 6.45) is 4.07. The van der Waals surface area contributed by atoms with Crippen molar-refractivity contribution in [1.82, 2.24) is 5.32 Å². The van der Waals surface area contributed by atoms with E-state index in [0.29, 0.717) is 6.04 Å². The minimum absolute atomic E-state index is 0.485. The third-order valence-corrected chi connectivity index (χ3v) is 4.08. The predicted molar refractivity (Wildman–Crippen MR) is 72.0 cm³/mol. The van der Waals surface area contributed by atoms with Gasteiger partial charge >= 0.3 is 0 Å². The molecule has 2 nitrogen and oxygen atoms in total. The summed E-state index contributed by atoms with van der Waals surface area (Å²) in [5, 5.41) is 3.36. The van der Waals surface area contributed by atoms with Gasteiger partial charge in [-0.05, 0) is 59.1 Å². The molecule has 17 heavy (non-hydrogen) atoms. The van der Waals surface area contributed by atoms with Crippen LogP contribution >= 0.6 is 15.9 Å². The Morgan fingerprint density at radius 2 is 2.24 bits per heavy atom. The van der Waals surface area contributed by atoms with Gasteiger partial charge in [0.1, 0.15) is 5.76 Å². The highest BCUT2D eigenvalue weighted by atomic mass is 79.9. The number of benzene rings is 1. The molecular formula is C14H14BrNO. The average Bonchev–Trinajstić information content (AvgIpc) is 2.93. The highest BCUT2D eigenvalue weighted by molar-refractivity contribution is 9.10. The Balaban J connectivity index is 2.07. The summed E-state index contributed by atoms with van der Waals surface area (Å²) >= 11 is 3.51. The summed E-state index contributed by atoms with van der Waals surface area (Å²) in [5.74, 6) is 0.912. The standard InChI is InChI=1S/C14H14BrNO/c1-16-13-5-4-9-2-3-10(8-11(9)13)14-12(15)6-7-17-14/h2-3,6-8,13,16H,4-5H2,1H3. The van der Waals surface area contributed by atoms with Crippen LogP contribution in [0.25, 0.3) is 11.3 Å². The summed E-state index contributed by atoms with van der Waals surface area (Å²) in [4.78, 5) is 0. The second-order valence-corrected chi connectivity index (χ2v) is 5.25. The predicted octanol–water partition coefficient (Wildman–Crippen LogP) is 3.92. The molecule has 0 saturated carbocycles. The zero-order chi connectivity index (χ0) is 11.8. The van der Waals surface area contributed by atoms with Crippen LogP contribution in [0.3, 0.4) is 0 Å². The van der Waals surface area contributed by atoms with E-state index in [0.717, 1.165) is 15.8 Å². The van der Waals surface area contributed by atoms with Crippen molar-refractivity contribution in [2.24, 2.45) is 0 Å². The van der Waals surface area contributed by atoms with E-state index in [2.05, 4.69) is 39.4 Å². The van der Waals surface area contributed by atoms with Crippen molar-refractivity contribution in [2.75, 3.05) is 7.05 Å². The van der Waals surface area contributed by atoms with Crippen LogP contribution in [-0.4, -0.2) is 7.05 Å². The number of rotatable bonds is 2. The first-order valence-electron chi connectivity index (χ1n) is 5.83. The molecule has 0 radical (unpaired) electrons. The largest absolute Gasteiger partial charge is 0.463 e. The van der Waals surface area contributed by atoms with Crippen molar-refractivity contribution in [3.05, 3.63) is 46.1 Å². The molecule has 0 spiro atoms. The molecule has 0 fully saturated rings. The number of hydrogen-bond donors (Lipinski definition) is 1. The van der Waals surface area contributed by atoms with Crippen LogP contribution in [0.5, 0.6) is 0 Å². The Hall–Kier alpha value is -1.06. The summed E-state index contributed by atoms with van der Waals surface area (Å²) in [5.41, 5.74) is 4.01. The highest BCUT2D eigenvalue weighted by Gasteiger charge is 2.21. The number of hydrogen-bond acceptors (Lipinski definition) is 2. The van der Waals surface area contributed by atoms with E-state index in [4.69, 9.17) is 4.42 Å². The first-order valence-corrected chi connectivity index (χ1v) is 6.62. The maximum atomic E-state index is 5.51. The number of aryl methyl sites for hydroxylation is 1. The maximum absolute atomic E-state index is 5.51. The number of fused-ring (bicyclic) bond motifs is 1. The minimum atomic E-state index is 0.485. The zero-order valence-electron chi connectivity index (χ0n) is 9.66. The van der Waals surface area contributed by atoms with Gasteiger partial charge in [0.25, 0.3) is 0 Å². The lowest BCUT2D eigenvalue weighted by Gasteiger charge is -2.11. The van der Waals surface area contributed by atoms with Crippen molar-refractivity contribution in [1.29, 1.82) is 0 Å². The molecule has 1 heterocycles. The molecule has 0 aliphatic heterocycles. The normalized spacial score (nSPS) is 18.4. The van der Waals surface area contributed by atoms with Gasteiger partial charge in [-0.25, -0.2) is 0 Å². The van der Waals surface area contributed by atoms with Gasteiger partial charge in [-0.1, -0.05) is 12.1 Å². The van der Waals surface area contributed by atoms with Crippen molar-refractivity contribution < 1.29 is 4.42 Å². The summed E-state index contributed by atoms with van der Waals surface area (Å²) < 4.78 is 6.52. The number of furan rings is 1. The fourth-order valence-corrected chi connectivity index (χ4v) is 2.97. The van der Waals surface area contributed by atoms with Crippen molar-refractivity contribution >= 4 is 15.9 Å². The smallest absolute Gasteiger partial charge is 0.148 e. The van der Waals surface area contributed by atoms with Crippen LogP contribution < -0.4 is 5.32 Å². The molecule has 1 aliphatic carbocycles. The highest BCUT2D eigenvalue weighted by Crippen LogP contribution is 2.36. The Bertz CT molecular complexity index is 547. The zero-order valence-corrected chi connectivity index (χ0v) is 11.3. The van der Waals surface area contributed by atoms with Crippen LogP contribution in [0.15, 0.2) is 39.4 Å². The molecule has 1 aromatic carbocycles. The Labute approximate surface area is 109 Å². The first kappa shape index (κ1) is 11.1. The van der Waals surface area contributed by atoms with E-state index in [1.807, 2.05) is 13.1 Å². The van der Waals surface area contributed by atoms with Gasteiger partial charge in [0.15, 0.2) is 0 Å². The van der Waals surface area contributed by atoms with Gasteiger partial charge in [0.05, 0.1) is 10.7 Å². The van der Waals surface area contributed by atoms with Crippen molar-refractivity contribution in [3.63, 3.8) is 0 Å². The van der Waals surface area contributed by atoms with Gasteiger partial charge in [0, 0.05) is 11.6 Å². The fraction of sp³-hybridized carbons (Fsp3) is 0.286. The van der Waals surface area contributed by atoms with Gasteiger partial charge < -0.3 is 9.73 Å². The van der Waals surface area contributed by atoms with E-state index in [1.165, 1.54) is 24.0 Å². The molecule has 1 N–H and O–H groups in total. The Kier molecular flexibility index (Phi) is 2.81. The monoisotopic (exact) mass is 291 g/mol. The summed E-state index contributed by atoms with van der Waals surface area (Å²) in [6, 6.07) is 9.02. The lowest BCUT2D eigenvalue weighted by Crippen LogP contribution is -2.12. The average molecular weight is 292 g/mol. The molecule has 1 unspecified atom stereocenters. The first-order chi connectivity index (χ1) is 8.29. The van der Waals surface area contributed by atoms with Crippen LogP contribution in [0, 0.1) is 0 Å².